The molecule has 1 aromatic carbocycles. The van der Waals surface area contributed by atoms with Crippen LogP contribution in [0.2, 0.25) is 0 Å². The van der Waals surface area contributed by atoms with Gasteiger partial charge in [0.2, 0.25) is 0 Å². The Morgan fingerprint density at radius 1 is 0.952 bits per heavy atom. The monoisotopic (exact) mass is 314 g/mol. The number of rotatable bonds is 11. The molecule has 21 heavy (non-hydrogen) atoms. The molecule has 0 radical (unpaired) electrons. The molecule has 1 aromatic rings. The summed E-state index contributed by atoms with van der Waals surface area (Å²) in [5.41, 5.74) is 2.76. The highest BCUT2D eigenvalue weighted by atomic mass is 31.2. The van der Waals surface area contributed by atoms with Gasteiger partial charge in [-0.1, -0.05) is 44.0 Å². The van der Waals surface area contributed by atoms with Crippen molar-refractivity contribution in [3.8, 4) is 0 Å². The van der Waals surface area contributed by atoms with Gasteiger partial charge in [0.05, 0.1) is 6.61 Å². The van der Waals surface area contributed by atoms with Crippen LogP contribution in [0.3, 0.4) is 0 Å². The SMILES string of the molecule is CCCCCc1ccccc1CCCOP(=O)(OC)OC. The first-order chi connectivity index (χ1) is 10.1. The van der Waals surface area contributed by atoms with Crippen LogP contribution < -0.4 is 0 Å². The minimum absolute atomic E-state index is 0.363. The fraction of sp³-hybridized carbons (Fsp3) is 0.625. The van der Waals surface area contributed by atoms with E-state index in [1.807, 2.05) is 0 Å². The highest BCUT2D eigenvalue weighted by Gasteiger charge is 2.21. The van der Waals surface area contributed by atoms with Crippen LogP contribution in [0.4, 0.5) is 0 Å². The molecule has 120 valence electrons. The van der Waals surface area contributed by atoms with E-state index in [2.05, 4.69) is 31.2 Å². The van der Waals surface area contributed by atoms with Crippen LogP contribution in [0.15, 0.2) is 24.3 Å². The Hall–Kier alpha value is -0.670. The van der Waals surface area contributed by atoms with Gasteiger partial charge in [-0.15, -0.1) is 0 Å². The van der Waals surface area contributed by atoms with Crippen molar-refractivity contribution in [2.75, 3.05) is 20.8 Å². The third-order valence-electron chi connectivity index (χ3n) is 3.46. The zero-order chi connectivity index (χ0) is 15.6. The second kappa shape index (κ2) is 10.1. The van der Waals surface area contributed by atoms with Crippen molar-refractivity contribution < 1.29 is 18.1 Å². The fourth-order valence-electron chi connectivity index (χ4n) is 2.23. The van der Waals surface area contributed by atoms with E-state index in [9.17, 15) is 4.57 Å². The Morgan fingerprint density at radius 2 is 1.52 bits per heavy atom. The van der Waals surface area contributed by atoms with Gasteiger partial charge in [0, 0.05) is 14.2 Å². The van der Waals surface area contributed by atoms with Crippen molar-refractivity contribution in [1.82, 2.24) is 0 Å². The predicted octanol–water partition coefficient (Wildman–Crippen LogP) is 4.77. The van der Waals surface area contributed by atoms with Gasteiger partial charge in [0.15, 0.2) is 0 Å². The van der Waals surface area contributed by atoms with Crippen molar-refractivity contribution >= 4 is 7.82 Å². The van der Waals surface area contributed by atoms with E-state index in [0.717, 1.165) is 19.3 Å². The summed E-state index contributed by atoms with van der Waals surface area (Å²) in [6.07, 6.45) is 6.56. The molecule has 0 atom stereocenters. The summed E-state index contributed by atoms with van der Waals surface area (Å²) in [5.74, 6) is 0. The Balaban J connectivity index is 2.43. The number of hydrogen-bond donors (Lipinski definition) is 0. The van der Waals surface area contributed by atoms with Crippen molar-refractivity contribution in [3.05, 3.63) is 35.4 Å². The van der Waals surface area contributed by atoms with Crippen LogP contribution in [-0.4, -0.2) is 20.8 Å². The quantitative estimate of drug-likeness (QED) is 0.436. The summed E-state index contributed by atoms with van der Waals surface area (Å²) >= 11 is 0. The first kappa shape index (κ1) is 18.4. The summed E-state index contributed by atoms with van der Waals surface area (Å²) in [4.78, 5) is 0. The lowest BCUT2D eigenvalue weighted by molar-refractivity contribution is 0.151. The average Bonchev–Trinajstić information content (AvgIpc) is 2.53. The lowest BCUT2D eigenvalue weighted by Crippen LogP contribution is -2.00. The van der Waals surface area contributed by atoms with Crippen LogP contribution in [0, 0.1) is 0 Å². The van der Waals surface area contributed by atoms with Crippen LogP contribution in [-0.2, 0) is 31.0 Å². The Labute approximate surface area is 128 Å². The van der Waals surface area contributed by atoms with E-state index in [1.54, 1.807) is 0 Å². The van der Waals surface area contributed by atoms with Gasteiger partial charge in [0.25, 0.3) is 0 Å². The largest absolute Gasteiger partial charge is 0.474 e. The average molecular weight is 314 g/mol. The molecule has 5 heteroatoms. The lowest BCUT2D eigenvalue weighted by Gasteiger charge is -2.13. The molecule has 0 fully saturated rings. The van der Waals surface area contributed by atoms with Gasteiger partial charge in [-0.05, 0) is 36.8 Å². The smallest absolute Gasteiger partial charge is 0.290 e. The van der Waals surface area contributed by atoms with E-state index in [1.165, 1.54) is 44.6 Å². The fourth-order valence-corrected chi connectivity index (χ4v) is 2.94. The van der Waals surface area contributed by atoms with E-state index in [-0.39, 0.29) is 0 Å². The Kier molecular flexibility index (Phi) is 8.86. The minimum atomic E-state index is -3.34. The third-order valence-corrected chi connectivity index (χ3v) is 4.85. The molecule has 0 N–H and O–H groups in total. The van der Waals surface area contributed by atoms with Crippen molar-refractivity contribution in [3.63, 3.8) is 0 Å². The summed E-state index contributed by atoms with van der Waals surface area (Å²) in [6, 6.07) is 8.51. The Bertz CT molecular complexity index is 440. The van der Waals surface area contributed by atoms with Crippen LogP contribution in [0.1, 0.15) is 43.7 Å². The minimum Gasteiger partial charge on any atom is -0.290 e. The van der Waals surface area contributed by atoms with E-state index in [4.69, 9.17) is 13.6 Å². The van der Waals surface area contributed by atoms with Gasteiger partial charge in [-0.2, -0.15) is 0 Å². The van der Waals surface area contributed by atoms with Crippen LogP contribution in [0.5, 0.6) is 0 Å². The summed E-state index contributed by atoms with van der Waals surface area (Å²) in [7, 11) is -0.683. The maximum absolute atomic E-state index is 11.7. The molecule has 0 spiro atoms. The molecule has 0 saturated heterocycles. The van der Waals surface area contributed by atoms with Crippen molar-refractivity contribution in [1.29, 1.82) is 0 Å². The highest BCUT2D eigenvalue weighted by Crippen LogP contribution is 2.47. The van der Waals surface area contributed by atoms with Gasteiger partial charge in [-0.25, -0.2) is 4.57 Å². The molecule has 0 amide bonds. The molecule has 0 aliphatic carbocycles. The number of benzene rings is 1. The van der Waals surface area contributed by atoms with Crippen LogP contribution >= 0.6 is 7.82 Å². The molecule has 0 aliphatic heterocycles. The molecule has 0 bridgehead atoms. The van der Waals surface area contributed by atoms with Crippen LogP contribution in [0.25, 0.3) is 0 Å². The number of phosphoric acid groups is 1. The van der Waals surface area contributed by atoms with E-state index >= 15 is 0 Å². The summed E-state index contributed by atoms with van der Waals surface area (Å²) in [5, 5.41) is 0. The zero-order valence-electron chi connectivity index (χ0n) is 13.3. The molecule has 0 saturated carbocycles. The normalized spacial score (nSPS) is 11.8. The highest BCUT2D eigenvalue weighted by molar-refractivity contribution is 7.48. The first-order valence-electron chi connectivity index (χ1n) is 7.58. The summed E-state index contributed by atoms with van der Waals surface area (Å²) < 4.78 is 26.4. The molecular weight excluding hydrogens is 287 g/mol. The number of unbranched alkanes of at least 4 members (excludes halogenated alkanes) is 2. The first-order valence-corrected chi connectivity index (χ1v) is 9.04. The molecular formula is C16H27O4P. The van der Waals surface area contributed by atoms with E-state index in [0.29, 0.717) is 6.61 Å². The lowest BCUT2D eigenvalue weighted by atomic mass is 9.98. The second-order valence-corrected chi connectivity index (χ2v) is 6.86. The molecule has 0 aliphatic rings. The second-order valence-electron chi connectivity index (χ2n) is 4.97. The van der Waals surface area contributed by atoms with Gasteiger partial charge >= 0.3 is 7.82 Å². The molecule has 0 heterocycles. The molecule has 0 unspecified atom stereocenters. The maximum atomic E-state index is 11.7. The van der Waals surface area contributed by atoms with Gasteiger partial charge in [-0.3, -0.25) is 13.6 Å². The van der Waals surface area contributed by atoms with Gasteiger partial charge in [0.1, 0.15) is 0 Å². The Morgan fingerprint density at radius 3 is 2.05 bits per heavy atom. The number of aryl methyl sites for hydroxylation is 2. The van der Waals surface area contributed by atoms with Gasteiger partial charge < -0.3 is 0 Å². The topological polar surface area (TPSA) is 44.8 Å². The molecule has 1 rings (SSSR count). The maximum Gasteiger partial charge on any atom is 0.474 e. The molecule has 4 nitrogen and oxygen atoms in total. The van der Waals surface area contributed by atoms with E-state index < -0.39 is 7.82 Å². The predicted molar refractivity (Wildman–Crippen MR) is 85.6 cm³/mol. The van der Waals surface area contributed by atoms with Crippen molar-refractivity contribution in [2.45, 2.75) is 45.4 Å². The number of hydrogen-bond acceptors (Lipinski definition) is 4. The zero-order valence-corrected chi connectivity index (χ0v) is 14.2. The molecule has 0 aromatic heterocycles. The number of phosphoric ester groups is 1. The summed E-state index contributed by atoms with van der Waals surface area (Å²) in [6.45, 7) is 2.58. The third kappa shape index (κ3) is 6.75. The standard InChI is InChI=1S/C16H27O4P/c1-4-5-6-10-15-11-7-8-12-16(15)13-9-14-20-21(17,18-2)19-3/h7-8,11-12H,4-6,9-10,13-14H2,1-3H3. The van der Waals surface area contributed by atoms with Crippen molar-refractivity contribution in [2.24, 2.45) is 0 Å².